The first-order chi connectivity index (χ1) is 17.1. The molecule has 3 N–H and O–H groups in total. The first kappa shape index (κ1) is 22.7. The zero-order valence-electron chi connectivity index (χ0n) is 19.9. The maximum atomic E-state index is 11.6. The number of nitrogens with one attached hydrogen (secondary N) is 3. The number of amides is 1. The highest BCUT2D eigenvalue weighted by Crippen LogP contribution is 2.30. The second-order valence-corrected chi connectivity index (χ2v) is 8.58. The maximum absolute atomic E-state index is 11.6. The smallest absolute Gasteiger partial charge is 0.233 e. The van der Waals surface area contributed by atoms with Crippen molar-refractivity contribution in [2.75, 3.05) is 48.8 Å². The zero-order chi connectivity index (χ0) is 24.2. The fourth-order valence-electron chi connectivity index (χ4n) is 3.96. The van der Waals surface area contributed by atoms with Crippen LogP contribution in [0, 0.1) is 0 Å². The van der Waals surface area contributed by atoms with Gasteiger partial charge in [0.1, 0.15) is 11.4 Å². The van der Waals surface area contributed by atoms with Crippen LogP contribution in [-0.2, 0) is 4.79 Å². The van der Waals surface area contributed by atoms with Crippen molar-refractivity contribution in [1.82, 2.24) is 19.9 Å². The van der Waals surface area contributed by atoms with Gasteiger partial charge >= 0.3 is 0 Å². The summed E-state index contributed by atoms with van der Waals surface area (Å²) in [5.41, 5.74) is 3.52. The largest absolute Gasteiger partial charge is 0.438 e. The Morgan fingerprint density at radius 2 is 1.69 bits per heavy atom. The molecule has 1 aliphatic rings. The number of carbonyl (C=O) groups excluding carboxylic acids is 1. The Kier molecular flexibility index (Phi) is 6.49. The van der Waals surface area contributed by atoms with E-state index in [1.54, 1.807) is 24.3 Å². The summed E-state index contributed by atoms with van der Waals surface area (Å²) in [6.07, 6.45) is 2.24. The molecule has 3 heterocycles. The molecule has 1 aliphatic heterocycles. The number of carbonyl (C=O) groups is 1. The number of hydrogen-bond acceptors (Lipinski definition) is 7. The molecule has 0 bridgehead atoms. The van der Waals surface area contributed by atoms with Gasteiger partial charge in [0.15, 0.2) is 0 Å². The van der Waals surface area contributed by atoms with Gasteiger partial charge in [0.05, 0.1) is 5.39 Å². The lowest BCUT2D eigenvalue weighted by molar-refractivity contribution is -0.115. The highest BCUT2D eigenvalue weighted by molar-refractivity contribution is 5.90. The summed E-state index contributed by atoms with van der Waals surface area (Å²) in [7, 11) is 2.16. The molecule has 180 valence electrons. The Morgan fingerprint density at radius 3 is 2.40 bits per heavy atom. The van der Waals surface area contributed by atoms with Gasteiger partial charge in [0.25, 0.3) is 0 Å². The highest BCUT2D eigenvalue weighted by atomic mass is 16.5. The third-order valence-electron chi connectivity index (χ3n) is 6.05. The molecule has 4 aromatic rings. The quantitative estimate of drug-likeness (QED) is 0.362. The Morgan fingerprint density at radius 1 is 0.971 bits per heavy atom. The minimum Gasteiger partial charge on any atom is -0.438 e. The first-order valence-corrected chi connectivity index (χ1v) is 11.8. The van der Waals surface area contributed by atoms with Crippen molar-refractivity contribution in [3.8, 4) is 11.6 Å². The molecule has 1 amide bonds. The van der Waals surface area contributed by atoms with Crippen LogP contribution in [0.1, 0.15) is 13.3 Å². The molecule has 0 unspecified atom stereocenters. The number of aromatic amines is 1. The van der Waals surface area contributed by atoms with Gasteiger partial charge in [-0.2, -0.15) is 9.97 Å². The van der Waals surface area contributed by atoms with Gasteiger partial charge in [-0.05, 0) is 61.6 Å². The molecule has 1 fully saturated rings. The van der Waals surface area contributed by atoms with Crippen molar-refractivity contribution in [3.63, 3.8) is 0 Å². The molecular formula is C26H29N7O2. The number of ether oxygens (including phenoxy) is 1. The van der Waals surface area contributed by atoms with E-state index in [4.69, 9.17) is 4.74 Å². The van der Waals surface area contributed by atoms with Crippen molar-refractivity contribution < 1.29 is 9.53 Å². The Bertz CT molecular complexity index is 1290. The molecule has 35 heavy (non-hydrogen) atoms. The number of piperazine rings is 1. The van der Waals surface area contributed by atoms with Crippen LogP contribution in [0.5, 0.6) is 11.6 Å². The number of anilines is 4. The predicted octanol–water partition coefficient (Wildman–Crippen LogP) is 4.59. The Balaban J connectivity index is 1.31. The number of rotatable bonds is 7. The van der Waals surface area contributed by atoms with Crippen LogP contribution in [0.4, 0.5) is 23.0 Å². The SMILES string of the molecule is CCC(=O)Nc1ccc(Oc2nc(Nc3ccc(N4CCN(C)CC4)cc3)nc3[nH]ccc23)cc1. The van der Waals surface area contributed by atoms with Gasteiger partial charge in [-0.25, -0.2) is 0 Å². The molecule has 5 rings (SSSR count). The van der Waals surface area contributed by atoms with Crippen LogP contribution in [0.15, 0.2) is 60.8 Å². The summed E-state index contributed by atoms with van der Waals surface area (Å²) in [4.78, 5) is 28.7. The summed E-state index contributed by atoms with van der Waals surface area (Å²) >= 11 is 0. The summed E-state index contributed by atoms with van der Waals surface area (Å²) < 4.78 is 6.09. The van der Waals surface area contributed by atoms with E-state index in [0.29, 0.717) is 29.6 Å². The number of likely N-dealkylation sites (N-methyl/N-ethyl adjacent to an activating group) is 1. The van der Waals surface area contributed by atoms with Crippen LogP contribution in [-0.4, -0.2) is 59.0 Å². The Hall–Kier alpha value is -4.11. The van der Waals surface area contributed by atoms with Crippen LogP contribution < -0.4 is 20.3 Å². The van der Waals surface area contributed by atoms with Crippen molar-refractivity contribution >= 4 is 40.0 Å². The number of benzene rings is 2. The van der Waals surface area contributed by atoms with E-state index < -0.39 is 0 Å². The molecule has 0 spiro atoms. The van der Waals surface area contributed by atoms with E-state index in [-0.39, 0.29) is 5.91 Å². The molecule has 9 nitrogen and oxygen atoms in total. The van der Waals surface area contributed by atoms with Crippen LogP contribution in [0.2, 0.25) is 0 Å². The third kappa shape index (κ3) is 5.36. The van der Waals surface area contributed by atoms with Gasteiger partial charge in [-0.1, -0.05) is 6.92 Å². The molecule has 2 aromatic heterocycles. The van der Waals surface area contributed by atoms with Crippen molar-refractivity contribution in [3.05, 3.63) is 60.8 Å². The molecule has 9 heteroatoms. The van der Waals surface area contributed by atoms with Crippen LogP contribution in [0.3, 0.4) is 0 Å². The number of nitrogens with zero attached hydrogens (tertiary/aromatic N) is 4. The standard InChI is InChI=1S/C26H29N7O2/c1-3-23(34)28-18-6-10-21(11-7-18)35-25-22-12-13-27-24(22)30-26(31-25)29-19-4-8-20(9-5-19)33-16-14-32(2)15-17-33/h4-13H,3,14-17H2,1-2H3,(H,28,34)(H2,27,29,30,31). The van der Waals surface area contributed by atoms with Crippen molar-refractivity contribution in [2.24, 2.45) is 0 Å². The number of H-pyrrole nitrogens is 1. The molecule has 0 saturated carbocycles. The highest BCUT2D eigenvalue weighted by Gasteiger charge is 2.15. The third-order valence-corrected chi connectivity index (χ3v) is 6.05. The summed E-state index contributed by atoms with van der Waals surface area (Å²) in [5.74, 6) is 1.46. The van der Waals surface area contributed by atoms with Crippen LogP contribution in [0.25, 0.3) is 11.0 Å². The molecule has 2 aromatic carbocycles. The molecule has 0 atom stereocenters. The second-order valence-electron chi connectivity index (χ2n) is 8.58. The number of fused-ring (bicyclic) bond motifs is 1. The van der Waals surface area contributed by atoms with Gasteiger partial charge in [0, 0.05) is 55.9 Å². The number of hydrogen-bond donors (Lipinski definition) is 3. The van der Waals surface area contributed by atoms with E-state index in [9.17, 15) is 4.79 Å². The fraction of sp³-hybridized carbons (Fsp3) is 0.269. The molecule has 0 radical (unpaired) electrons. The molecule has 0 aliphatic carbocycles. The molecular weight excluding hydrogens is 442 g/mol. The fourth-order valence-corrected chi connectivity index (χ4v) is 3.96. The zero-order valence-corrected chi connectivity index (χ0v) is 19.9. The monoisotopic (exact) mass is 471 g/mol. The topological polar surface area (TPSA) is 98.4 Å². The van der Waals surface area contributed by atoms with Gasteiger partial charge in [-0.15, -0.1) is 0 Å². The van der Waals surface area contributed by atoms with Gasteiger partial charge in [-0.3, -0.25) is 4.79 Å². The average Bonchev–Trinajstić information content (AvgIpc) is 3.35. The maximum Gasteiger partial charge on any atom is 0.233 e. The van der Waals surface area contributed by atoms with E-state index in [1.165, 1.54) is 5.69 Å². The van der Waals surface area contributed by atoms with E-state index in [2.05, 4.69) is 54.6 Å². The minimum absolute atomic E-state index is 0.0317. The molecule has 1 saturated heterocycles. The van der Waals surface area contributed by atoms with Crippen molar-refractivity contribution in [2.45, 2.75) is 13.3 Å². The summed E-state index contributed by atoms with van der Waals surface area (Å²) in [5, 5.41) is 6.90. The summed E-state index contributed by atoms with van der Waals surface area (Å²) in [6.45, 7) is 6.02. The minimum atomic E-state index is -0.0317. The van der Waals surface area contributed by atoms with E-state index >= 15 is 0 Å². The normalized spacial score (nSPS) is 14.2. The lowest BCUT2D eigenvalue weighted by Gasteiger charge is -2.34. The van der Waals surface area contributed by atoms with Gasteiger partial charge in [0.2, 0.25) is 17.7 Å². The summed E-state index contributed by atoms with van der Waals surface area (Å²) in [6, 6.07) is 17.4. The average molecular weight is 472 g/mol. The second kappa shape index (κ2) is 10.0. The van der Waals surface area contributed by atoms with Crippen LogP contribution >= 0.6 is 0 Å². The Labute approximate surface area is 204 Å². The van der Waals surface area contributed by atoms with E-state index in [1.807, 2.05) is 31.3 Å². The van der Waals surface area contributed by atoms with Crippen molar-refractivity contribution in [1.29, 1.82) is 0 Å². The lowest BCUT2D eigenvalue weighted by atomic mass is 10.2. The predicted molar refractivity (Wildman–Crippen MR) is 139 cm³/mol. The van der Waals surface area contributed by atoms with E-state index in [0.717, 1.165) is 42.9 Å². The van der Waals surface area contributed by atoms with Gasteiger partial charge < -0.3 is 30.2 Å². The number of aromatic nitrogens is 3. The first-order valence-electron chi connectivity index (χ1n) is 11.8. The lowest BCUT2D eigenvalue weighted by Crippen LogP contribution is -2.44.